The molecule has 100 valence electrons. The van der Waals surface area contributed by atoms with Crippen LogP contribution >= 0.6 is 0 Å². The van der Waals surface area contributed by atoms with Gasteiger partial charge in [0.2, 0.25) is 5.91 Å². The van der Waals surface area contributed by atoms with Crippen LogP contribution < -0.4 is 11.1 Å². The van der Waals surface area contributed by atoms with E-state index in [0.29, 0.717) is 30.8 Å². The maximum absolute atomic E-state index is 11.9. The summed E-state index contributed by atoms with van der Waals surface area (Å²) in [6, 6.07) is 0.391. The number of carbonyl (C=O) groups is 1. The maximum Gasteiger partial charge on any atom is 0.220 e. The molecule has 1 fully saturated rings. The summed E-state index contributed by atoms with van der Waals surface area (Å²) in [4.78, 5) is 11.9. The van der Waals surface area contributed by atoms with Crippen molar-refractivity contribution in [3.63, 3.8) is 0 Å². The van der Waals surface area contributed by atoms with E-state index in [9.17, 15) is 4.79 Å². The van der Waals surface area contributed by atoms with Crippen molar-refractivity contribution in [1.82, 2.24) is 5.32 Å². The highest BCUT2D eigenvalue weighted by Gasteiger charge is 2.32. The van der Waals surface area contributed by atoms with Gasteiger partial charge in [-0.2, -0.15) is 0 Å². The Morgan fingerprint density at radius 2 is 2.12 bits per heavy atom. The van der Waals surface area contributed by atoms with Crippen LogP contribution in [0.2, 0.25) is 0 Å². The molecule has 4 unspecified atom stereocenters. The second kappa shape index (κ2) is 7.00. The van der Waals surface area contributed by atoms with Crippen LogP contribution in [0.25, 0.3) is 0 Å². The summed E-state index contributed by atoms with van der Waals surface area (Å²) in [6.45, 7) is 7.22. The van der Waals surface area contributed by atoms with E-state index < -0.39 is 0 Å². The van der Waals surface area contributed by atoms with Gasteiger partial charge in [0.15, 0.2) is 0 Å². The highest BCUT2D eigenvalue weighted by atomic mass is 16.1. The lowest BCUT2D eigenvalue weighted by atomic mass is 9.93. The second-order valence-electron chi connectivity index (χ2n) is 5.49. The molecule has 0 saturated heterocycles. The van der Waals surface area contributed by atoms with E-state index in [1.165, 1.54) is 12.8 Å². The maximum atomic E-state index is 11.9. The fourth-order valence-corrected chi connectivity index (χ4v) is 2.95. The van der Waals surface area contributed by atoms with Gasteiger partial charge in [-0.05, 0) is 37.1 Å². The molecule has 3 nitrogen and oxygen atoms in total. The van der Waals surface area contributed by atoms with Crippen LogP contribution in [0.3, 0.4) is 0 Å². The number of nitrogens with two attached hydrogens (primary N) is 1. The van der Waals surface area contributed by atoms with E-state index in [-0.39, 0.29) is 5.91 Å². The van der Waals surface area contributed by atoms with Gasteiger partial charge < -0.3 is 11.1 Å². The number of hydrogen-bond donors (Lipinski definition) is 2. The predicted molar refractivity (Wildman–Crippen MR) is 71.6 cm³/mol. The van der Waals surface area contributed by atoms with E-state index in [1.807, 2.05) is 0 Å². The van der Waals surface area contributed by atoms with Gasteiger partial charge in [-0.25, -0.2) is 0 Å². The van der Waals surface area contributed by atoms with Crippen LogP contribution in [0.1, 0.15) is 52.9 Å². The molecule has 1 aliphatic carbocycles. The van der Waals surface area contributed by atoms with E-state index >= 15 is 0 Å². The number of carbonyl (C=O) groups excluding carboxylic acids is 1. The zero-order valence-corrected chi connectivity index (χ0v) is 11.5. The van der Waals surface area contributed by atoms with E-state index in [2.05, 4.69) is 26.1 Å². The minimum atomic E-state index is 0.191. The number of nitrogens with one attached hydrogen (secondary N) is 1. The van der Waals surface area contributed by atoms with Crippen molar-refractivity contribution in [2.24, 2.45) is 23.5 Å². The lowest BCUT2D eigenvalue weighted by Gasteiger charge is -2.22. The number of rotatable bonds is 6. The fraction of sp³-hybridized carbons (Fsp3) is 0.929. The molecule has 1 amide bonds. The van der Waals surface area contributed by atoms with Gasteiger partial charge in [0.05, 0.1) is 0 Å². The largest absolute Gasteiger partial charge is 0.353 e. The summed E-state index contributed by atoms with van der Waals surface area (Å²) in [5, 5.41) is 3.20. The SMILES string of the molecule is CCC(CN)CC(=O)NC1CCC(CC)C1C. The van der Waals surface area contributed by atoms with Crippen LogP contribution in [0.5, 0.6) is 0 Å². The second-order valence-corrected chi connectivity index (χ2v) is 5.49. The Kier molecular flexibility index (Phi) is 5.96. The highest BCUT2D eigenvalue weighted by Crippen LogP contribution is 2.33. The normalized spacial score (nSPS) is 30.2. The Morgan fingerprint density at radius 1 is 1.41 bits per heavy atom. The smallest absolute Gasteiger partial charge is 0.220 e. The van der Waals surface area contributed by atoms with Crippen LogP contribution in [0.4, 0.5) is 0 Å². The Balaban J connectivity index is 2.36. The quantitative estimate of drug-likeness (QED) is 0.748. The van der Waals surface area contributed by atoms with Crippen LogP contribution in [0.15, 0.2) is 0 Å². The first-order valence-corrected chi connectivity index (χ1v) is 7.11. The molecule has 3 N–H and O–H groups in total. The molecule has 0 aromatic carbocycles. The molecule has 1 aliphatic rings. The minimum absolute atomic E-state index is 0.191. The van der Waals surface area contributed by atoms with Crippen molar-refractivity contribution >= 4 is 5.91 Å². The molecule has 0 aromatic heterocycles. The summed E-state index contributed by atoms with van der Waals surface area (Å²) in [7, 11) is 0. The van der Waals surface area contributed by atoms with Crippen molar-refractivity contribution in [2.75, 3.05) is 6.54 Å². The third-order valence-electron chi connectivity index (χ3n) is 4.48. The van der Waals surface area contributed by atoms with Gasteiger partial charge in [0.25, 0.3) is 0 Å². The summed E-state index contributed by atoms with van der Waals surface area (Å²) >= 11 is 0. The summed E-state index contributed by atoms with van der Waals surface area (Å²) in [5.74, 6) is 1.95. The summed E-state index contributed by atoms with van der Waals surface area (Å²) in [6.07, 6.45) is 5.21. The Bertz CT molecular complexity index is 238. The van der Waals surface area contributed by atoms with Crippen molar-refractivity contribution in [3.05, 3.63) is 0 Å². The summed E-state index contributed by atoms with van der Waals surface area (Å²) in [5.41, 5.74) is 5.63. The van der Waals surface area contributed by atoms with E-state index in [1.54, 1.807) is 0 Å². The molecule has 1 saturated carbocycles. The molecule has 0 aromatic rings. The molecule has 4 atom stereocenters. The van der Waals surface area contributed by atoms with Crippen molar-refractivity contribution < 1.29 is 4.79 Å². The Hall–Kier alpha value is -0.570. The third-order valence-corrected chi connectivity index (χ3v) is 4.48. The lowest BCUT2D eigenvalue weighted by Crippen LogP contribution is -2.38. The Labute approximate surface area is 106 Å². The minimum Gasteiger partial charge on any atom is -0.353 e. The fourth-order valence-electron chi connectivity index (χ4n) is 2.95. The van der Waals surface area contributed by atoms with E-state index in [0.717, 1.165) is 18.8 Å². The molecule has 0 aliphatic heterocycles. The summed E-state index contributed by atoms with van der Waals surface area (Å²) < 4.78 is 0. The van der Waals surface area contributed by atoms with Gasteiger partial charge in [-0.3, -0.25) is 4.79 Å². The predicted octanol–water partition coefficient (Wildman–Crippen LogP) is 2.30. The van der Waals surface area contributed by atoms with Crippen molar-refractivity contribution in [3.8, 4) is 0 Å². The first-order valence-electron chi connectivity index (χ1n) is 7.11. The standard InChI is InChI=1S/C14H28N2O/c1-4-11(9-15)8-14(17)16-13-7-6-12(5-2)10(13)3/h10-13H,4-9,15H2,1-3H3,(H,16,17). The zero-order chi connectivity index (χ0) is 12.8. The van der Waals surface area contributed by atoms with Crippen LogP contribution in [0, 0.1) is 17.8 Å². The van der Waals surface area contributed by atoms with E-state index in [4.69, 9.17) is 5.73 Å². The monoisotopic (exact) mass is 240 g/mol. The molecule has 3 heteroatoms. The van der Waals surface area contributed by atoms with Crippen LogP contribution in [-0.4, -0.2) is 18.5 Å². The first-order chi connectivity index (χ1) is 8.12. The van der Waals surface area contributed by atoms with Gasteiger partial charge in [0.1, 0.15) is 0 Å². The van der Waals surface area contributed by atoms with Gasteiger partial charge >= 0.3 is 0 Å². The molecule has 0 heterocycles. The number of hydrogen-bond acceptors (Lipinski definition) is 2. The molecular formula is C14H28N2O. The molecule has 0 spiro atoms. The zero-order valence-electron chi connectivity index (χ0n) is 11.5. The Morgan fingerprint density at radius 3 is 2.59 bits per heavy atom. The molecule has 0 bridgehead atoms. The topological polar surface area (TPSA) is 55.1 Å². The first kappa shape index (κ1) is 14.5. The molecular weight excluding hydrogens is 212 g/mol. The van der Waals surface area contributed by atoms with Crippen molar-refractivity contribution in [1.29, 1.82) is 0 Å². The molecule has 1 rings (SSSR count). The highest BCUT2D eigenvalue weighted by molar-refractivity contribution is 5.76. The van der Waals surface area contributed by atoms with Crippen molar-refractivity contribution in [2.45, 2.75) is 58.9 Å². The average Bonchev–Trinajstić information content (AvgIpc) is 2.67. The van der Waals surface area contributed by atoms with Gasteiger partial charge in [-0.1, -0.05) is 33.6 Å². The average molecular weight is 240 g/mol. The molecule has 0 radical (unpaired) electrons. The number of amides is 1. The molecule has 17 heavy (non-hydrogen) atoms. The van der Waals surface area contributed by atoms with Crippen LogP contribution in [-0.2, 0) is 4.79 Å². The van der Waals surface area contributed by atoms with Gasteiger partial charge in [-0.15, -0.1) is 0 Å². The van der Waals surface area contributed by atoms with Gasteiger partial charge in [0, 0.05) is 12.5 Å². The lowest BCUT2D eigenvalue weighted by molar-refractivity contribution is -0.122. The third kappa shape index (κ3) is 3.98.